The van der Waals surface area contributed by atoms with Crippen LogP contribution in [0.1, 0.15) is 44.9 Å². The van der Waals surface area contributed by atoms with E-state index in [2.05, 4.69) is 0 Å². The quantitative estimate of drug-likeness (QED) is 0.613. The summed E-state index contributed by atoms with van der Waals surface area (Å²) in [6, 6.07) is 0. The first-order valence-electron chi connectivity index (χ1n) is 5.33. The van der Waals surface area contributed by atoms with Crippen LogP contribution in [0.3, 0.4) is 0 Å². The maximum Gasteiger partial charge on any atom is 0.139 e. The van der Waals surface area contributed by atoms with E-state index < -0.39 is 0 Å². The summed E-state index contributed by atoms with van der Waals surface area (Å²) in [5, 5.41) is 0. The van der Waals surface area contributed by atoms with Crippen molar-refractivity contribution in [3.63, 3.8) is 0 Å². The van der Waals surface area contributed by atoms with E-state index >= 15 is 0 Å². The third-order valence-corrected chi connectivity index (χ3v) is 4.16. The minimum Gasteiger partial charge on any atom is -0.299 e. The van der Waals surface area contributed by atoms with E-state index in [1.807, 2.05) is 0 Å². The number of carbonyl (C=O) groups excluding carboxylic acids is 1. The molecule has 0 saturated heterocycles. The Bertz CT molecular complexity index is 215. The largest absolute Gasteiger partial charge is 0.299 e. The Hall–Kier alpha value is -0.330. The Morgan fingerprint density at radius 3 is 2.17 bits per heavy atom. The minimum atomic E-state index is 0.498. The molecule has 0 aromatic rings. The highest BCUT2D eigenvalue weighted by Gasteiger charge is 2.52. The average Bonchev–Trinajstić information content (AvgIpc) is 2.59. The molecule has 0 unspecified atom stereocenters. The Morgan fingerprint density at radius 2 is 1.75 bits per heavy atom. The van der Waals surface area contributed by atoms with Gasteiger partial charge in [-0.1, -0.05) is 6.42 Å². The monoisotopic (exact) mass is 164 g/mol. The van der Waals surface area contributed by atoms with Gasteiger partial charge in [0.25, 0.3) is 0 Å². The lowest BCUT2D eigenvalue weighted by Gasteiger charge is -2.53. The van der Waals surface area contributed by atoms with Crippen molar-refractivity contribution >= 4 is 5.78 Å². The molecular formula is C11H16O. The zero-order valence-electron chi connectivity index (χ0n) is 7.51. The summed E-state index contributed by atoms with van der Waals surface area (Å²) in [7, 11) is 0. The van der Waals surface area contributed by atoms with Crippen molar-refractivity contribution in [2.24, 2.45) is 17.3 Å². The van der Waals surface area contributed by atoms with Crippen LogP contribution in [0.25, 0.3) is 0 Å². The molecule has 0 bridgehead atoms. The average molecular weight is 164 g/mol. The Kier molecular flexibility index (Phi) is 1.26. The van der Waals surface area contributed by atoms with E-state index in [9.17, 15) is 4.79 Å². The number of Topliss-reactive ketones (excluding diaryl/α,β-unsaturated/α-hetero) is 1. The van der Waals surface area contributed by atoms with Crippen molar-refractivity contribution in [3.05, 3.63) is 0 Å². The summed E-state index contributed by atoms with van der Waals surface area (Å²) in [6.07, 6.45) is 9.16. The van der Waals surface area contributed by atoms with Gasteiger partial charge in [-0.25, -0.2) is 0 Å². The van der Waals surface area contributed by atoms with Gasteiger partial charge in [0, 0.05) is 11.8 Å². The van der Waals surface area contributed by atoms with Gasteiger partial charge in [0.15, 0.2) is 0 Å². The zero-order valence-corrected chi connectivity index (χ0v) is 7.51. The second kappa shape index (κ2) is 2.12. The zero-order chi connectivity index (χ0) is 8.18. The fourth-order valence-corrected chi connectivity index (χ4v) is 2.97. The Morgan fingerprint density at radius 1 is 1.08 bits per heavy atom. The summed E-state index contributed by atoms with van der Waals surface area (Å²) >= 11 is 0. The lowest BCUT2D eigenvalue weighted by Crippen LogP contribution is -2.46. The predicted octanol–water partition coefficient (Wildman–Crippen LogP) is 2.55. The first kappa shape index (κ1) is 7.11. The molecule has 3 rings (SSSR count). The first-order chi connectivity index (χ1) is 5.79. The number of hydrogen-bond donors (Lipinski definition) is 0. The van der Waals surface area contributed by atoms with Gasteiger partial charge in [0.05, 0.1) is 0 Å². The highest BCUT2D eigenvalue weighted by molar-refractivity contribution is 5.86. The van der Waals surface area contributed by atoms with Crippen LogP contribution in [0, 0.1) is 17.3 Å². The van der Waals surface area contributed by atoms with E-state index in [1.54, 1.807) is 0 Å². The molecule has 0 heterocycles. The number of ketones is 1. The van der Waals surface area contributed by atoms with Crippen LogP contribution >= 0.6 is 0 Å². The van der Waals surface area contributed by atoms with Crippen LogP contribution in [0.15, 0.2) is 0 Å². The molecule has 0 N–H and O–H groups in total. The molecule has 0 aromatic heterocycles. The predicted molar refractivity (Wildman–Crippen MR) is 46.7 cm³/mol. The van der Waals surface area contributed by atoms with Gasteiger partial charge >= 0.3 is 0 Å². The summed E-state index contributed by atoms with van der Waals surface area (Å²) in [5.41, 5.74) is 0.690. The SMILES string of the molecule is O=C(C1CC1)C1CC2(CCC2)C1. The van der Waals surface area contributed by atoms with Gasteiger partial charge in [-0.15, -0.1) is 0 Å². The summed E-state index contributed by atoms with van der Waals surface area (Å²) in [6.45, 7) is 0. The van der Waals surface area contributed by atoms with Gasteiger partial charge < -0.3 is 0 Å². The molecule has 0 aromatic carbocycles. The molecule has 1 spiro atoms. The summed E-state index contributed by atoms with van der Waals surface area (Å²) < 4.78 is 0. The molecule has 3 aliphatic rings. The van der Waals surface area contributed by atoms with Crippen molar-refractivity contribution in [1.29, 1.82) is 0 Å². The van der Waals surface area contributed by atoms with Gasteiger partial charge in [0.2, 0.25) is 0 Å². The van der Waals surface area contributed by atoms with Crippen molar-refractivity contribution in [2.45, 2.75) is 44.9 Å². The molecular weight excluding hydrogens is 148 g/mol. The molecule has 0 atom stereocenters. The molecule has 3 aliphatic carbocycles. The maximum atomic E-state index is 11.6. The van der Waals surface area contributed by atoms with Crippen LogP contribution in [0.5, 0.6) is 0 Å². The molecule has 0 amide bonds. The maximum absolute atomic E-state index is 11.6. The van der Waals surface area contributed by atoms with E-state index in [0.29, 0.717) is 23.0 Å². The normalized spacial score (nSPS) is 32.7. The number of carbonyl (C=O) groups is 1. The van der Waals surface area contributed by atoms with E-state index in [4.69, 9.17) is 0 Å². The van der Waals surface area contributed by atoms with Crippen LogP contribution in [-0.4, -0.2) is 5.78 Å². The van der Waals surface area contributed by atoms with Crippen molar-refractivity contribution in [3.8, 4) is 0 Å². The highest BCUT2D eigenvalue weighted by atomic mass is 16.1. The van der Waals surface area contributed by atoms with Crippen molar-refractivity contribution in [2.75, 3.05) is 0 Å². The lowest BCUT2D eigenvalue weighted by atomic mass is 9.51. The summed E-state index contributed by atoms with van der Waals surface area (Å²) in [5.74, 6) is 1.62. The lowest BCUT2D eigenvalue weighted by molar-refractivity contribution is -0.135. The van der Waals surface area contributed by atoms with Gasteiger partial charge in [-0.2, -0.15) is 0 Å². The van der Waals surface area contributed by atoms with Crippen LogP contribution in [0.2, 0.25) is 0 Å². The van der Waals surface area contributed by atoms with Crippen molar-refractivity contribution in [1.82, 2.24) is 0 Å². The fraction of sp³-hybridized carbons (Fsp3) is 0.909. The van der Waals surface area contributed by atoms with Crippen LogP contribution in [-0.2, 0) is 4.79 Å². The van der Waals surface area contributed by atoms with E-state index in [0.717, 1.165) is 0 Å². The summed E-state index contributed by atoms with van der Waals surface area (Å²) in [4.78, 5) is 11.6. The van der Waals surface area contributed by atoms with Crippen LogP contribution < -0.4 is 0 Å². The third kappa shape index (κ3) is 0.884. The fourth-order valence-electron chi connectivity index (χ4n) is 2.97. The Balaban J connectivity index is 1.57. The van der Waals surface area contributed by atoms with Gasteiger partial charge in [-0.05, 0) is 43.9 Å². The van der Waals surface area contributed by atoms with Crippen molar-refractivity contribution < 1.29 is 4.79 Å². The smallest absolute Gasteiger partial charge is 0.139 e. The second-order valence-electron chi connectivity index (χ2n) is 5.14. The molecule has 0 aliphatic heterocycles. The molecule has 3 fully saturated rings. The standard InChI is InChI=1S/C11H16O/c12-10(8-2-3-8)9-6-11(7-9)4-1-5-11/h8-9H,1-7H2. The molecule has 3 saturated carbocycles. The molecule has 1 nitrogen and oxygen atoms in total. The van der Waals surface area contributed by atoms with E-state index in [-0.39, 0.29) is 0 Å². The molecule has 0 radical (unpaired) electrons. The van der Waals surface area contributed by atoms with Crippen LogP contribution in [0.4, 0.5) is 0 Å². The van der Waals surface area contributed by atoms with Gasteiger partial charge in [0.1, 0.15) is 5.78 Å². The molecule has 12 heavy (non-hydrogen) atoms. The number of rotatable bonds is 2. The second-order valence-corrected chi connectivity index (χ2v) is 5.14. The van der Waals surface area contributed by atoms with E-state index in [1.165, 1.54) is 44.9 Å². The topological polar surface area (TPSA) is 17.1 Å². The third-order valence-electron chi connectivity index (χ3n) is 4.16. The van der Waals surface area contributed by atoms with Gasteiger partial charge in [-0.3, -0.25) is 4.79 Å². The highest BCUT2D eigenvalue weighted by Crippen LogP contribution is 2.60. The number of hydrogen-bond acceptors (Lipinski definition) is 1. The Labute approximate surface area is 73.5 Å². The first-order valence-corrected chi connectivity index (χ1v) is 5.33. The minimum absolute atomic E-state index is 0.498. The molecule has 1 heteroatoms. The molecule has 66 valence electrons.